The molecule has 2 aromatic heterocycles. The zero-order chi connectivity index (χ0) is 17.4. The molecule has 0 saturated carbocycles. The minimum absolute atomic E-state index is 0.220. The summed E-state index contributed by atoms with van der Waals surface area (Å²) in [4.78, 5) is 14.9. The number of rotatable bonds is 3. The van der Waals surface area contributed by atoms with Gasteiger partial charge in [-0.2, -0.15) is 0 Å². The van der Waals surface area contributed by atoms with Gasteiger partial charge in [-0.3, -0.25) is 4.98 Å². The number of nitrogens with zero attached hydrogens (tertiary/aromatic N) is 3. The first kappa shape index (κ1) is 15.1. The van der Waals surface area contributed by atoms with Crippen LogP contribution in [-0.4, -0.2) is 19.9 Å². The SMILES string of the molecule is Fc1cc2nc(-c3ccc(Nc4cnccn4)c(F)c3)[nH]c2cc1F. The topological polar surface area (TPSA) is 66.5 Å². The van der Waals surface area contributed by atoms with Crippen LogP contribution in [0.1, 0.15) is 0 Å². The van der Waals surface area contributed by atoms with Gasteiger partial charge in [-0.1, -0.05) is 0 Å². The standard InChI is InChI=1S/C17H10F3N5/c18-10-6-14-15(7-11(10)19)25-17(24-14)9-1-2-13(12(20)5-9)23-16-8-21-3-4-22-16/h1-8H,(H,22,23)(H,24,25). The Hall–Kier alpha value is -3.42. The normalized spacial score (nSPS) is 11.0. The number of benzene rings is 2. The van der Waals surface area contributed by atoms with Crippen molar-refractivity contribution >= 4 is 22.5 Å². The molecule has 0 aliphatic heterocycles. The van der Waals surface area contributed by atoms with E-state index in [1.807, 2.05) is 0 Å². The highest BCUT2D eigenvalue weighted by molar-refractivity contribution is 5.80. The minimum atomic E-state index is -0.986. The van der Waals surface area contributed by atoms with Gasteiger partial charge in [-0.15, -0.1) is 0 Å². The van der Waals surface area contributed by atoms with Crippen LogP contribution in [0.4, 0.5) is 24.7 Å². The molecule has 0 bridgehead atoms. The zero-order valence-electron chi connectivity index (χ0n) is 12.6. The van der Waals surface area contributed by atoms with E-state index >= 15 is 0 Å². The predicted molar refractivity (Wildman–Crippen MR) is 86.7 cm³/mol. The molecule has 4 aromatic rings. The van der Waals surface area contributed by atoms with Gasteiger partial charge in [0.05, 0.1) is 22.9 Å². The summed E-state index contributed by atoms with van der Waals surface area (Å²) in [5.41, 5.74) is 1.25. The average Bonchev–Trinajstić information content (AvgIpc) is 3.01. The highest BCUT2D eigenvalue weighted by Gasteiger charge is 2.12. The van der Waals surface area contributed by atoms with Crippen LogP contribution in [0.2, 0.25) is 0 Å². The first-order valence-electron chi connectivity index (χ1n) is 7.28. The monoisotopic (exact) mass is 341 g/mol. The van der Waals surface area contributed by atoms with Crippen LogP contribution >= 0.6 is 0 Å². The molecule has 2 N–H and O–H groups in total. The maximum absolute atomic E-state index is 14.3. The largest absolute Gasteiger partial charge is 0.338 e. The van der Waals surface area contributed by atoms with Gasteiger partial charge in [0.15, 0.2) is 11.6 Å². The third-order valence-corrected chi connectivity index (χ3v) is 3.59. The summed E-state index contributed by atoms with van der Waals surface area (Å²) in [5, 5.41) is 2.81. The highest BCUT2D eigenvalue weighted by Crippen LogP contribution is 2.26. The smallest absolute Gasteiger partial charge is 0.161 e. The number of aromatic nitrogens is 4. The van der Waals surface area contributed by atoms with E-state index in [9.17, 15) is 13.2 Å². The van der Waals surface area contributed by atoms with Gasteiger partial charge in [-0.25, -0.2) is 23.1 Å². The number of halogens is 3. The minimum Gasteiger partial charge on any atom is -0.338 e. The molecule has 0 amide bonds. The Labute approximate surface area is 139 Å². The van der Waals surface area contributed by atoms with Crippen LogP contribution < -0.4 is 5.32 Å². The van der Waals surface area contributed by atoms with Crippen molar-refractivity contribution in [2.45, 2.75) is 0 Å². The lowest BCUT2D eigenvalue weighted by Crippen LogP contribution is -1.97. The van der Waals surface area contributed by atoms with Crippen molar-refractivity contribution in [1.82, 2.24) is 19.9 Å². The van der Waals surface area contributed by atoms with E-state index < -0.39 is 17.5 Å². The fourth-order valence-electron chi connectivity index (χ4n) is 2.41. The number of anilines is 2. The van der Waals surface area contributed by atoms with Crippen molar-refractivity contribution in [3.05, 3.63) is 66.4 Å². The summed E-state index contributed by atoms with van der Waals surface area (Å²) < 4.78 is 40.9. The molecule has 124 valence electrons. The highest BCUT2D eigenvalue weighted by atomic mass is 19.2. The first-order chi connectivity index (χ1) is 12.1. The van der Waals surface area contributed by atoms with Crippen molar-refractivity contribution in [1.29, 1.82) is 0 Å². The second kappa shape index (κ2) is 5.90. The van der Waals surface area contributed by atoms with Crippen molar-refractivity contribution in [2.24, 2.45) is 0 Å². The Morgan fingerprint density at radius 3 is 2.52 bits per heavy atom. The van der Waals surface area contributed by atoms with E-state index in [1.54, 1.807) is 6.07 Å². The Morgan fingerprint density at radius 2 is 1.76 bits per heavy atom. The fourth-order valence-corrected chi connectivity index (χ4v) is 2.41. The second-order valence-electron chi connectivity index (χ2n) is 5.28. The molecule has 0 unspecified atom stereocenters. The van der Waals surface area contributed by atoms with Crippen LogP contribution in [0.25, 0.3) is 22.4 Å². The van der Waals surface area contributed by atoms with Gasteiger partial charge in [0, 0.05) is 30.1 Å². The van der Waals surface area contributed by atoms with Crippen molar-refractivity contribution in [3.8, 4) is 11.4 Å². The van der Waals surface area contributed by atoms with Crippen LogP contribution in [0.5, 0.6) is 0 Å². The van der Waals surface area contributed by atoms with Crippen LogP contribution in [0, 0.1) is 17.5 Å². The van der Waals surface area contributed by atoms with Gasteiger partial charge >= 0.3 is 0 Å². The predicted octanol–water partition coefficient (Wildman–Crippen LogP) is 4.18. The zero-order valence-corrected chi connectivity index (χ0v) is 12.6. The van der Waals surface area contributed by atoms with Crippen molar-refractivity contribution in [2.75, 3.05) is 5.32 Å². The number of nitrogens with one attached hydrogen (secondary N) is 2. The summed E-state index contributed by atoms with van der Waals surface area (Å²) in [5.74, 6) is -1.77. The molecular weight excluding hydrogens is 331 g/mol. The first-order valence-corrected chi connectivity index (χ1v) is 7.28. The molecule has 0 saturated heterocycles. The summed E-state index contributed by atoms with van der Waals surface area (Å²) in [6, 6.07) is 6.43. The quantitative estimate of drug-likeness (QED) is 0.587. The molecule has 2 aromatic carbocycles. The Morgan fingerprint density at radius 1 is 0.920 bits per heavy atom. The number of fused-ring (bicyclic) bond motifs is 1. The van der Waals surface area contributed by atoms with Gasteiger partial charge in [-0.05, 0) is 18.2 Å². The summed E-state index contributed by atoms with van der Waals surface area (Å²) in [7, 11) is 0. The van der Waals surface area contributed by atoms with Gasteiger partial charge < -0.3 is 10.3 Å². The van der Waals surface area contributed by atoms with E-state index in [4.69, 9.17) is 0 Å². The molecule has 4 rings (SSSR count). The Balaban J connectivity index is 1.68. The molecule has 0 aliphatic carbocycles. The molecule has 0 atom stereocenters. The summed E-state index contributed by atoms with van der Waals surface area (Å²) in [6.45, 7) is 0. The van der Waals surface area contributed by atoms with E-state index in [1.165, 1.54) is 30.7 Å². The number of aromatic amines is 1. The summed E-state index contributed by atoms with van der Waals surface area (Å²) >= 11 is 0. The Kier molecular flexibility index (Phi) is 3.57. The van der Waals surface area contributed by atoms with Crippen LogP contribution in [-0.2, 0) is 0 Å². The summed E-state index contributed by atoms with van der Waals surface area (Å²) in [6.07, 6.45) is 4.47. The van der Waals surface area contributed by atoms with Gasteiger partial charge in [0.2, 0.25) is 0 Å². The molecule has 0 spiro atoms. The lowest BCUT2D eigenvalue weighted by atomic mass is 10.2. The lowest BCUT2D eigenvalue weighted by molar-refractivity contribution is 0.510. The van der Waals surface area contributed by atoms with Gasteiger partial charge in [0.25, 0.3) is 0 Å². The molecular formula is C17H10F3N5. The molecule has 2 heterocycles. The van der Waals surface area contributed by atoms with Crippen molar-refractivity contribution < 1.29 is 13.2 Å². The molecule has 25 heavy (non-hydrogen) atoms. The maximum Gasteiger partial charge on any atom is 0.161 e. The Bertz CT molecular complexity index is 1020. The maximum atomic E-state index is 14.3. The third kappa shape index (κ3) is 2.89. The average molecular weight is 341 g/mol. The van der Waals surface area contributed by atoms with Crippen molar-refractivity contribution in [3.63, 3.8) is 0 Å². The van der Waals surface area contributed by atoms with Gasteiger partial charge in [0.1, 0.15) is 17.5 Å². The molecule has 5 nitrogen and oxygen atoms in total. The van der Waals surface area contributed by atoms with Crippen LogP contribution in [0.15, 0.2) is 48.9 Å². The third-order valence-electron chi connectivity index (χ3n) is 3.59. The second-order valence-corrected chi connectivity index (χ2v) is 5.28. The molecule has 0 fully saturated rings. The van der Waals surface area contributed by atoms with Crippen LogP contribution in [0.3, 0.4) is 0 Å². The number of imidazole rings is 1. The lowest BCUT2D eigenvalue weighted by Gasteiger charge is -2.07. The number of hydrogen-bond donors (Lipinski definition) is 2. The van der Waals surface area contributed by atoms with E-state index in [-0.39, 0.29) is 11.2 Å². The van der Waals surface area contributed by atoms with E-state index in [0.717, 1.165) is 12.1 Å². The number of hydrogen-bond acceptors (Lipinski definition) is 4. The van der Waals surface area contributed by atoms with E-state index in [0.29, 0.717) is 22.7 Å². The molecule has 0 aliphatic rings. The number of H-pyrrole nitrogens is 1. The fraction of sp³-hybridized carbons (Fsp3) is 0. The molecule has 8 heteroatoms. The van der Waals surface area contributed by atoms with E-state index in [2.05, 4.69) is 25.3 Å². The molecule has 0 radical (unpaired) electrons.